The molecular weight excluding hydrogens is 264 g/mol. The second-order valence-electron chi connectivity index (χ2n) is 5.06. The largest absolute Gasteiger partial charge is 0.497 e. The third-order valence-corrected chi connectivity index (χ3v) is 3.51. The van der Waals surface area contributed by atoms with E-state index in [1.54, 1.807) is 7.11 Å². The summed E-state index contributed by atoms with van der Waals surface area (Å²) in [5.41, 5.74) is 2.73. The summed E-state index contributed by atoms with van der Waals surface area (Å²) in [6.07, 6.45) is 0.302. The molecule has 3 rings (SSSR count). The van der Waals surface area contributed by atoms with Crippen LogP contribution in [0.3, 0.4) is 0 Å². The lowest BCUT2D eigenvalue weighted by molar-refractivity contribution is 0.0968. The lowest BCUT2D eigenvalue weighted by atomic mass is 10.1. The van der Waals surface area contributed by atoms with Crippen molar-refractivity contribution in [3.05, 3.63) is 65.4 Å². The van der Waals surface area contributed by atoms with Gasteiger partial charge in [-0.2, -0.15) is 0 Å². The molecule has 3 aromatic rings. The minimum atomic E-state index is -0.0288. The molecule has 0 radical (unpaired) electrons. The number of aryl methyl sites for hydroxylation is 1. The van der Waals surface area contributed by atoms with E-state index >= 15 is 0 Å². The SMILES string of the molecule is COc1cccc(CC(=O)c2cc3cccc(C)c3o2)c1. The Morgan fingerprint density at radius 2 is 1.95 bits per heavy atom. The Bertz CT molecular complexity index is 799. The van der Waals surface area contributed by atoms with Crippen LogP contribution in [0.15, 0.2) is 52.9 Å². The van der Waals surface area contributed by atoms with Gasteiger partial charge in [-0.25, -0.2) is 0 Å². The minimum Gasteiger partial charge on any atom is -0.497 e. The molecule has 3 heteroatoms. The van der Waals surface area contributed by atoms with Gasteiger partial charge in [0.15, 0.2) is 5.76 Å². The Morgan fingerprint density at radius 1 is 1.14 bits per heavy atom. The first kappa shape index (κ1) is 13.4. The Morgan fingerprint density at radius 3 is 2.71 bits per heavy atom. The average molecular weight is 280 g/mol. The minimum absolute atomic E-state index is 0.0288. The van der Waals surface area contributed by atoms with Gasteiger partial charge in [0.25, 0.3) is 0 Å². The number of para-hydroxylation sites is 1. The summed E-state index contributed by atoms with van der Waals surface area (Å²) in [6.45, 7) is 1.97. The van der Waals surface area contributed by atoms with Crippen LogP contribution in [0.5, 0.6) is 5.75 Å². The van der Waals surface area contributed by atoms with Gasteiger partial charge in [-0.15, -0.1) is 0 Å². The summed E-state index contributed by atoms with van der Waals surface area (Å²) in [7, 11) is 1.61. The average Bonchev–Trinajstić information content (AvgIpc) is 2.93. The highest BCUT2D eigenvalue weighted by Crippen LogP contribution is 2.24. The monoisotopic (exact) mass is 280 g/mol. The molecule has 0 N–H and O–H groups in total. The van der Waals surface area contributed by atoms with E-state index in [0.29, 0.717) is 12.2 Å². The molecule has 0 amide bonds. The van der Waals surface area contributed by atoms with Crippen LogP contribution in [0.25, 0.3) is 11.0 Å². The number of benzene rings is 2. The summed E-state index contributed by atoms with van der Waals surface area (Å²) in [4.78, 5) is 12.4. The highest BCUT2D eigenvalue weighted by atomic mass is 16.5. The van der Waals surface area contributed by atoms with Crippen LogP contribution < -0.4 is 4.74 Å². The fraction of sp³-hybridized carbons (Fsp3) is 0.167. The standard InChI is InChI=1S/C18H16O3/c1-12-5-3-7-14-11-17(21-18(12)14)16(19)10-13-6-4-8-15(9-13)20-2/h3-9,11H,10H2,1-2H3. The lowest BCUT2D eigenvalue weighted by Gasteiger charge is -2.02. The summed E-state index contributed by atoms with van der Waals surface area (Å²) in [5.74, 6) is 1.13. The Hall–Kier alpha value is -2.55. The van der Waals surface area contributed by atoms with Gasteiger partial charge in [0, 0.05) is 11.8 Å². The Labute approximate surface area is 123 Å². The highest BCUT2D eigenvalue weighted by Gasteiger charge is 2.14. The smallest absolute Gasteiger partial charge is 0.202 e. The van der Waals surface area contributed by atoms with E-state index in [0.717, 1.165) is 27.8 Å². The van der Waals surface area contributed by atoms with Crippen molar-refractivity contribution in [1.82, 2.24) is 0 Å². The molecule has 106 valence electrons. The molecule has 0 unspecified atom stereocenters. The van der Waals surface area contributed by atoms with Gasteiger partial charge in [-0.1, -0.05) is 30.3 Å². The van der Waals surface area contributed by atoms with E-state index in [4.69, 9.17) is 9.15 Å². The van der Waals surface area contributed by atoms with Crippen molar-refractivity contribution in [2.24, 2.45) is 0 Å². The van der Waals surface area contributed by atoms with E-state index in [1.807, 2.05) is 55.5 Å². The quantitative estimate of drug-likeness (QED) is 0.673. The second-order valence-corrected chi connectivity index (χ2v) is 5.06. The molecular formula is C18H16O3. The van der Waals surface area contributed by atoms with E-state index in [9.17, 15) is 4.79 Å². The number of Topliss-reactive ketones (excluding diaryl/α,β-unsaturated/α-hetero) is 1. The van der Waals surface area contributed by atoms with E-state index in [1.165, 1.54) is 0 Å². The van der Waals surface area contributed by atoms with Crippen molar-refractivity contribution in [1.29, 1.82) is 0 Å². The molecule has 2 aromatic carbocycles. The zero-order valence-electron chi connectivity index (χ0n) is 12.1. The predicted octanol–water partition coefficient (Wildman–Crippen LogP) is 4.18. The van der Waals surface area contributed by atoms with Crippen molar-refractivity contribution >= 4 is 16.8 Å². The summed E-state index contributed by atoms with van der Waals surface area (Å²) in [6, 6.07) is 15.2. The second kappa shape index (κ2) is 5.44. The fourth-order valence-electron chi connectivity index (χ4n) is 2.40. The van der Waals surface area contributed by atoms with Crippen molar-refractivity contribution in [2.75, 3.05) is 7.11 Å². The molecule has 0 saturated carbocycles. The lowest BCUT2D eigenvalue weighted by Crippen LogP contribution is -2.02. The highest BCUT2D eigenvalue weighted by molar-refractivity contribution is 5.99. The Kier molecular flexibility index (Phi) is 3.48. The number of carbonyl (C=O) groups excluding carboxylic acids is 1. The number of methoxy groups -OCH3 is 1. The third kappa shape index (κ3) is 2.68. The number of hydrogen-bond donors (Lipinski definition) is 0. The fourth-order valence-corrected chi connectivity index (χ4v) is 2.40. The number of hydrogen-bond acceptors (Lipinski definition) is 3. The van der Waals surface area contributed by atoms with Crippen LogP contribution in [-0.2, 0) is 6.42 Å². The molecule has 0 spiro atoms. The molecule has 0 atom stereocenters. The molecule has 21 heavy (non-hydrogen) atoms. The molecule has 0 fully saturated rings. The normalized spacial score (nSPS) is 10.8. The molecule has 0 aliphatic heterocycles. The van der Waals surface area contributed by atoms with Gasteiger partial charge in [0.1, 0.15) is 11.3 Å². The first-order valence-corrected chi connectivity index (χ1v) is 6.82. The summed E-state index contributed by atoms with van der Waals surface area (Å²) < 4.78 is 10.9. The molecule has 0 saturated heterocycles. The van der Waals surface area contributed by atoms with Crippen molar-refractivity contribution in [3.63, 3.8) is 0 Å². The summed E-state index contributed by atoms with van der Waals surface area (Å²) >= 11 is 0. The van der Waals surface area contributed by atoms with Crippen molar-refractivity contribution in [3.8, 4) is 5.75 Å². The van der Waals surface area contributed by atoms with Crippen LogP contribution in [-0.4, -0.2) is 12.9 Å². The number of ether oxygens (including phenoxy) is 1. The van der Waals surface area contributed by atoms with Gasteiger partial charge < -0.3 is 9.15 Å². The van der Waals surface area contributed by atoms with Crippen LogP contribution >= 0.6 is 0 Å². The molecule has 0 aliphatic rings. The van der Waals surface area contributed by atoms with Crippen molar-refractivity contribution in [2.45, 2.75) is 13.3 Å². The number of fused-ring (bicyclic) bond motifs is 1. The van der Waals surface area contributed by atoms with Crippen LogP contribution in [0.1, 0.15) is 21.7 Å². The van der Waals surface area contributed by atoms with Gasteiger partial charge in [-0.05, 0) is 36.2 Å². The van der Waals surface area contributed by atoms with Gasteiger partial charge in [0.05, 0.1) is 7.11 Å². The first-order valence-electron chi connectivity index (χ1n) is 6.82. The zero-order valence-corrected chi connectivity index (χ0v) is 12.1. The van der Waals surface area contributed by atoms with Crippen molar-refractivity contribution < 1.29 is 13.9 Å². The summed E-state index contributed by atoms with van der Waals surface area (Å²) in [5, 5.41) is 0.962. The molecule has 0 bridgehead atoms. The predicted molar refractivity (Wildman–Crippen MR) is 82.0 cm³/mol. The number of ketones is 1. The number of furan rings is 1. The van der Waals surface area contributed by atoms with Gasteiger partial charge >= 0.3 is 0 Å². The topological polar surface area (TPSA) is 39.4 Å². The van der Waals surface area contributed by atoms with E-state index in [2.05, 4.69) is 0 Å². The maximum Gasteiger partial charge on any atom is 0.202 e. The maximum atomic E-state index is 12.4. The molecule has 3 nitrogen and oxygen atoms in total. The van der Waals surface area contributed by atoms with Gasteiger partial charge in [-0.3, -0.25) is 4.79 Å². The van der Waals surface area contributed by atoms with E-state index in [-0.39, 0.29) is 5.78 Å². The maximum absolute atomic E-state index is 12.4. The van der Waals surface area contributed by atoms with Crippen LogP contribution in [0.2, 0.25) is 0 Å². The molecule has 1 heterocycles. The molecule has 0 aliphatic carbocycles. The van der Waals surface area contributed by atoms with Crippen LogP contribution in [0.4, 0.5) is 0 Å². The van der Waals surface area contributed by atoms with E-state index < -0.39 is 0 Å². The first-order chi connectivity index (χ1) is 10.2. The number of rotatable bonds is 4. The number of carbonyl (C=O) groups is 1. The zero-order chi connectivity index (χ0) is 14.8. The third-order valence-electron chi connectivity index (χ3n) is 3.51. The van der Waals surface area contributed by atoms with Crippen LogP contribution in [0, 0.1) is 6.92 Å². The van der Waals surface area contributed by atoms with Gasteiger partial charge in [0.2, 0.25) is 5.78 Å². The Balaban J connectivity index is 1.88. The molecule has 1 aromatic heterocycles.